The summed E-state index contributed by atoms with van der Waals surface area (Å²) in [5.41, 5.74) is 6.32. The molecule has 1 fully saturated rings. The van der Waals surface area contributed by atoms with Gasteiger partial charge in [-0.15, -0.1) is 0 Å². The molecule has 3 rings (SSSR count). The molecule has 170 valence electrons. The van der Waals surface area contributed by atoms with Crippen LogP contribution in [0.1, 0.15) is 18.4 Å². The second-order valence-corrected chi connectivity index (χ2v) is 7.59. The largest absolute Gasteiger partial charge is 0.493 e. The van der Waals surface area contributed by atoms with Gasteiger partial charge in [0.2, 0.25) is 11.8 Å². The Morgan fingerprint density at radius 1 is 1.16 bits per heavy atom. The Balaban J connectivity index is 1.61. The fourth-order valence-electron chi connectivity index (χ4n) is 3.57. The van der Waals surface area contributed by atoms with Crippen LogP contribution < -0.4 is 20.5 Å². The highest BCUT2D eigenvalue weighted by atomic mass is 19.1. The molecule has 1 aliphatic heterocycles. The maximum atomic E-state index is 13.1. The average molecular weight is 443 g/mol. The molecule has 3 N–H and O–H groups in total. The van der Waals surface area contributed by atoms with Gasteiger partial charge in [0.25, 0.3) is 5.91 Å². The summed E-state index contributed by atoms with van der Waals surface area (Å²) in [6, 6.07) is 10.7. The van der Waals surface area contributed by atoms with Crippen molar-refractivity contribution in [1.82, 2.24) is 4.90 Å². The first-order valence-electron chi connectivity index (χ1n) is 10.3. The molecule has 0 bridgehead atoms. The van der Waals surface area contributed by atoms with Gasteiger partial charge in [0, 0.05) is 24.8 Å². The van der Waals surface area contributed by atoms with Gasteiger partial charge >= 0.3 is 0 Å². The lowest BCUT2D eigenvalue weighted by Gasteiger charge is -2.32. The molecule has 0 aromatic heterocycles. The fourth-order valence-corrected chi connectivity index (χ4v) is 3.57. The summed E-state index contributed by atoms with van der Waals surface area (Å²) in [5.74, 6) is -0.968. The van der Waals surface area contributed by atoms with Crippen molar-refractivity contribution in [3.8, 4) is 11.5 Å². The van der Waals surface area contributed by atoms with E-state index >= 15 is 0 Å². The third kappa shape index (κ3) is 6.19. The molecule has 0 saturated carbocycles. The van der Waals surface area contributed by atoms with Crippen molar-refractivity contribution in [3.63, 3.8) is 0 Å². The van der Waals surface area contributed by atoms with Crippen LogP contribution in [0.4, 0.5) is 10.1 Å². The van der Waals surface area contributed by atoms with E-state index in [0.717, 1.165) is 5.56 Å². The molecule has 3 amide bonds. The van der Waals surface area contributed by atoms with Crippen LogP contribution in [-0.2, 0) is 20.8 Å². The van der Waals surface area contributed by atoms with Crippen molar-refractivity contribution in [3.05, 3.63) is 53.8 Å². The first-order chi connectivity index (χ1) is 15.4. The Morgan fingerprint density at radius 3 is 2.59 bits per heavy atom. The molecule has 2 aromatic rings. The predicted octanol–water partition coefficient (Wildman–Crippen LogP) is 2.12. The van der Waals surface area contributed by atoms with Crippen molar-refractivity contribution in [1.29, 1.82) is 0 Å². The summed E-state index contributed by atoms with van der Waals surface area (Å²) in [6.45, 7) is 0.575. The minimum atomic E-state index is -0.630. The van der Waals surface area contributed by atoms with E-state index in [1.165, 1.54) is 19.2 Å². The number of carbonyl (C=O) groups is 3. The van der Waals surface area contributed by atoms with Crippen LogP contribution in [0.25, 0.3) is 0 Å². The molecule has 9 heteroatoms. The lowest BCUT2D eigenvalue weighted by Crippen LogP contribution is -2.44. The molecule has 1 atom stereocenters. The number of rotatable bonds is 8. The summed E-state index contributed by atoms with van der Waals surface area (Å²) < 4.78 is 23.6. The van der Waals surface area contributed by atoms with Crippen molar-refractivity contribution in [2.24, 2.45) is 11.7 Å². The Bertz CT molecular complexity index is 980. The topological polar surface area (TPSA) is 111 Å². The van der Waals surface area contributed by atoms with E-state index in [1.807, 2.05) is 0 Å². The molecule has 1 saturated heterocycles. The lowest BCUT2D eigenvalue weighted by molar-refractivity contribution is -0.134. The molecule has 1 unspecified atom stereocenters. The lowest BCUT2D eigenvalue weighted by atomic mass is 9.96. The van der Waals surface area contributed by atoms with Gasteiger partial charge in [-0.3, -0.25) is 14.4 Å². The number of ether oxygens (including phenoxy) is 2. The number of hydrogen-bond acceptors (Lipinski definition) is 5. The van der Waals surface area contributed by atoms with Crippen LogP contribution in [0.15, 0.2) is 42.5 Å². The highest BCUT2D eigenvalue weighted by Gasteiger charge is 2.28. The smallest absolute Gasteiger partial charge is 0.255 e. The highest BCUT2D eigenvalue weighted by Crippen LogP contribution is 2.31. The van der Waals surface area contributed by atoms with E-state index < -0.39 is 5.91 Å². The van der Waals surface area contributed by atoms with Gasteiger partial charge in [0.1, 0.15) is 5.82 Å². The zero-order valence-electron chi connectivity index (χ0n) is 17.8. The summed E-state index contributed by atoms with van der Waals surface area (Å²) in [6.07, 6.45) is 1.53. The number of anilines is 1. The van der Waals surface area contributed by atoms with Gasteiger partial charge in [-0.2, -0.15) is 0 Å². The molecule has 1 aliphatic rings. The van der Waals surface area contributed by atoms with Crippen molar-refractivity contribution in [2.45, 2.75) is 19.3 Å². The third-order valence-corrected chi connectivity index (χ3v) is 5.21. The van der Waals surface area contributed by atoms with Gasteiger partial charge < -0.3 is 25.4 Å². The predicted molar refractivity (Wildman–Crippen MR) is 116 cm³/mol. The van der Waals surface area contributed by atoms with Crippen LogP contribution in [-0.4, -0.2) is 49.4 Å². The van der Waals surface area contributed by atoms with E-state index in [4.69, 9.17) is 15.2 Å². The highest BCUT2D eigenvalue weighted by molar-refractivity contribution is 5.93. The normalized spacial score (nSPS) is 15.7. The first-order valence-corrected chi connectivity index (χ1v) is 10.3. The number of benzene rings is 2. The second-order valence-electron chi connectivity index (χ2n) is 7.59. The number of piperidine rings is 1. The molecule has 0 radical (unpaired) electrons. The quantitative estimate of drug-likeness (QED) is 0.649. The van der Waals surface area contributed by atoms with Gasteiger partial charge in [-0.05, 0) is 42.7 Å². The molecule has 2 aromatic carbocycles. The Labute approximate surface area is 185 Å². The van der Waals surface area contributed by atoms with Crippen LogP contribution in [0.5, 0.6) is 11.5 Å². The number of methoxy groups -OCH3 is 1. The summed E-state index contributed by atoms with van der Waals surface area (Å²) in [7, 11) is 1.46. The van der Waals surface area contributed by atoms with E-state index in [2.05, 4.69) is 5.32 Å². The Kier molecular flexibility index (Phi) is 7.64. The van der Waals surface area contributed by atoms with E-state index in [0.29, 0.717) is 37.4 Å². The molecule has 1 heterocycles. The third-order valence-electron chi connectivity index (χ3n) is 5.21. The number of nitrogens with one attached hydrogen (secondary N) is 1. The molecular weight excluding hydrogens is 417 g/mol. The second kappa shape index (κ2) is 10.6. The zero-order chi connectivity index (χ0) is 23.1. The molecule has 32 heavy (non-hydrogen) atoms. The number of nitrogens with zero attached hydrogens (tertiary/aromatic N) is 1. The molecule has 0 spiro atoms. The van der Waals surface area contributed by atoms with Crippen LogP contribution in [0.2, 0.25) is 0 Å². The fraction of sp³-hybridized carbons (Fsp3) is 0.348. The van der Waals surface area contributed by atoms with Gasteiger partial charge in [-0.25, -0.2) is 4.39 Å². The number of nitrogens with two attached hydrogens (primary N) is 1. The van der Waals surface area contributed by atoms with Crippen LogP contribution in [0, 0.1) is 11.7 Å². The summed E-state index contributed by atoms with van der Waals surface area (Å²) in [5, 5.41) is 2.84. The summed E-state index contributed by atoms with van der Waals surface area (Å²) in [4.78, 5) is 38.1. The van der Waals surface area contributed by atoms with Crippen molar-refractivity contribution < 1.29 is 28.2 Å². The minimum absolute atomic E-state index is 0.0966. The van der Waals surface area contributed by atoms with Gasteiger partial charge in [0.15, 0.2) is 18.1 Å². The van der Waals surface area contributed by atoms with Crippen LogP contribution >= 0.6 is 0 Å². The molecular formula is C23H26FN3O5. The number of primary amides is 1. The molecule has 0 aliphatic carbocycles. The van der Waals surface area contributed by atoms with E-state index in [-0.39, 0.29) is 42.3 Å². The Morgan fingerprint density at radius 2 is 1.91 bits per heavy atom. The monoisotopic (exact) mass is 443 g/mol. The standard InChI is InChI=1S/C23H26FN3O5/c1-31-19-9-8-18(12-20(19)32-14-21(25)28)26-23(30)16-3-2-10-27(13-16)22(29)11-15-4-6-17(24)7-5-15/h4-9,12,16H,2-3,10-11,13-14H2,1H3,(H2,25,28)(H,26,30). The molecule has 8 nitrogen and oxygen atoms in total. The van der Waals surface area contributed by atoms with Crippen molar-refractivity contribution >= 4 is 23.4 Å². The maximum Gasteiger partial charge on any atom is 0.255 e. The number of amides is 3. The van der Waals surface area contributed by atoms with E-state index in [1.54, 1.807) is 35.2 Å². The summed E-state index contributed by atoms with van der Waals surface area (Å²) >= 11 is 0. The minimum Gasteiger partial charge on any atom is -0.493 e. The number of carbonyl (C=O) groups excluding carboxylic acids is 3. The Hall–Kier alpha value is -3.62. The SMILES string of the molecule is COc1ccc(NC(=O)C2CCCN(C(=O)Cc3ccc(F)cc3)C2)cc1OCC(N)=O. The maximum absolute atomic E-state index is 13.1. The number of hydrogen-bond donors (Lipinski definition) is 2. The zero-order valence-corrected chi connectivity index (χ0v) is 17.8. The van der Waals surface area contributed by atoms with Gasteiger partial charge in [0.05, 0.1) is 19.4 Å². The first kappa shape index (κ1) is 23.1. The van der Waals surface area contributed by atoms with Crippen molar-refractivity contribution in [2.75, 3.05) is 32.1 Å². The average Bonchev–Trinajstić information content (AvgIpc) is 2.79. The van der Waals surface area contributed by atoms with E-state index in [9.17, 15) is 18.8 Å². The van der Waals surface area contributed by atoms with Crippen LogP contribution in [0.3, 0.4) is 0 Å². The number of likely N-dealkylation sites (tertiary alicyclic amines) is 1. The van der Waals surface area contributed by atoms with Gasteiger partial charge in [-0.1, -0.05) is 12.1 Å². The number of halogens is 1.